The summed E-state index contributed by atoms with van der Waals surface area (Å²) in [6.45, 7) is 1.83. The third-order valence-electron chi connectivity index (χ3n) is 4.22. The van der Waals surface area contributed by atoms with E-state index in [1.807, 2.05) is 0 Å². The number of β-lactam (4-membered cyclic amide) rings is 1. The SMILES string of the molecule is C[C@@H](O)[C@@H](C(=O)O)N1CC2(CCC(N)CC2)C1=O. The fraction of sp³-hybridized carbons (Fsp3) is 0.833. The first-order valence-electron chi connectivity index (χ1n) is 6.35. The van der Waals surface area contributed by atoms with E-state index in [0.29, 0.717) is 6.54 Å². The van der Waals surface area contributed by atoms with Crippen LogP contribution >= 0.6 is 0 Å². The molecule has 6 heteroatoms. The Morgan fingerprint density at radius 1 is 1.50 bits per heavy atom. The number of hydrogen-bond donors (Lipinski definition) is 3. The number of carboxylic acid groups (broad SMARTS) is 1. The number of likely N-dealkylation sites (tertiary alicyclic amines) is 1. The standard InChI is InChI=1S/C12H20N2O4/c1-7(15)9(10(16)17)14-6-12(11(14)18)4-2-8(13)3-5-12/h7-9,15H,2-6,13H2,1H3,(H,16,17)/t7-,8?,9+,12?/m1/s1. The van der Waals surface area contributed by atoms with Gasteiger partial charge in [-0.25, -0.2) is 4.79 Å². The summed E-state index contributed by atoms with van der Waals surface area (Å²) >= 11 is 0. The third kappa shape index (κ3) is 1.99. The van der Waals surface area contributed by atoms with Crippen LogP contribution in [0.15, 0.2) is 0 Å². The fourth-order valence-corrected chi connectivity index (χ4v) is 3.07. The van der Waals surface area contributed by atoms with Gasteiger partial charge in [0.2, 0.25) is 5.91 Å². The minimum atomic E-state index is -1.15. The molecule has 1 saturated heterocycles. The summed E-state index contributed by atoms with van der Waals surface area (Å²) in [5, 5.41) is 18.5. The molecular weight excluding hydrogens is 236 g/mol. The van der Waals surface area contributed by atoms with E-state index in [1.54, 1.807) is 0 Å². The number of amides is 1. The van der Waals surface area contributed by atoms with Crippen molar-refractivity contribution in [3.05, 3.63) is 0 Å². The summed E-state index contributed by atoms with van der Waals surface area (Å²) < 4.78 is 0. The van der Waals surface area contributed by atoms with Crippen molar-refractivity contribution in [3.8, 4) is 0 Å². The predicted molar refractivity (Wildman–Crippen MR) is 63.7 cm³/mol. The molecule has 2 rings (SSSR count). The Kier molecular flexibility index (Phi) is 3.33. The van der Waals surface area contributed by atoms with Crippen LogP contribution in [0, 0.1) is 5.41 Å². The van der Waals surface area contributed by atoms with Crippen LogP contribution in [0.3, 0.4) is 0 Å². The van der Waals surface area contributed by atoms with Crippen molar-refractivity contribution in [2.75, 3.05) is 6.54 Å². The van der Waals surface area contributed by atoms with E-state index in [2.05, 4.69) is 0 Å². The maximum Gasteiger partial charge on any atom is 0.329 e. The second kappa shape index (κ2) is 4.51. The van der Waals surface area contributed by atoms with Crippen LogP contribution in [0.5, 0.6) is 0 Å². The fourth-order valence-electron chi connectivity index (χ4n) is 3.07. The number of carbonyl (C=O) groups is 2. The van der Waals surface area contributed by atoms with Crippen molar-refractivity contribution in [2.45, 2.75) is 50.8 Å². The summed E-state index contributed by atoms with van der Waals surface area (Å²) in [6, 6.07) is -0.969. The Morgan fingerprint density at radius 3 is 2.44 bits per heavy atom. The first-order chi connectivity index (χ1) is 8.37. The van der Waals surface area contributed by atoms with Gasteiger partial charge in [-0.1, -0.05) is 0 Å². The lowest BCUT2D eigenvalue weighted by molar-refractivity contribution is -0.180. The zero-order valence-electron chi connectivity index (χ0n) is 10.5. The first kappa shape index (κ1) is 13.3. The molecule has 1 heterocycles. The van der Waals surface area contributed by atoms with E-state index >= 15 is 0 Å². The van der Waals surface area contributed by atoms with Crippen molar-refractivity contribution in [2.24, 2.45) is 11.1 Å². The molecule has 1 aliphatic carbocycles. The minimum Gasteiger partial charge on any atom is -0.480 e. The van der Waals surface area contributed by atoms with E-state index in [-0.39, 0.29) is 11.9 Å². The summed E-state index contributed by atoms with van der Waals surface area (Å²) in [7, 11) is 0. The van der Waals surface area contributed by atoms with Crippen molar-refractivity contribution in [1.82, 2.24) is 4.90 Å². The van der Waals surface area contributed by atoms with E-state index < -0.39 is 23.5 Å². The van der Waals surface area contributed by atoms with Crippen molar-refractivity contribution in [1.29, 1.82) is 0 Å². The summed E-state index contributed by atoms with van der Waals surface area (Å²) in [4.78, 5) is 24.6. The molecule has 102 valence electrons. The first-order valence-corrected chi connectivity index (χ1v) is 6.35. The lowest BCUT2D eigenvalue weighted by atomic mass is 9.66. The molecule has 4 N–H and O–H groups in total. The Balaban J connectivity index is 2.05. The number of aliphatic carboxylic acids is 1. The smallest absolute Gasteiger partial charge is 0.329 e. The number of aliphatic hydroxyl groups excluding tert-OH is 1. The van der Waals surface area contributed by atoms with E-state index in [9.17, 15) is 14.7 Å². The van der Waals surface area contributed by atoms with Gasteiger partial charge in [0.1, 0.15) is 0 Å². The summed E-state index contributed by atoms with van der Waals surface area (Å²) in [5.41, 5.74) is 5.41. The van der Waals surface area contributed by atoms with Gasteiger partial charge in [-0.3, -0.25) is 4.79 Å². The van der Waals surface area contributed by atoms with Gasteiger partial charge in [0.25, 0.3) is 0 Å². The maximum atomic E-state index is 12.2. The number of nitrogens with two attached hydrogens (primary N) is 1. The molecule has 0 radical (unpaired) electrons. The average molecular weight is 256 g/mol. The molecule has 2 aliphatic rings. The molecule has 2 fully saturated rings. The number of aliphatic hydroxyl groups is 1. The van der Waals surface area contributed by atoms with Crippen LogP contribution in [0.25, 0.3) is 0 Å². The predicted octanol–water partition coefficient (Wildman–Crippen LogP) is -0.450. The number of carbonyl (C=O) groups excluding carboxylic acids is 1. The number of carboxylic acids is 1. The second-order valence-corrected chi connectivity index (χ2v) is 5.57. The van der Waals surface area contributed by atoms with Gasteiger partial charge in [-0.15, -0.1) is 0 Å². The second-order valence-electron chi connectivity index (χ2n) is 5.57. The zero-order valence-corrected chi connectivity index (χ0v) is 10.5. The highest BCUT2D eigenvalue weighted by Gasteiger charge is 2.56. The lowest BCUT2D eigenvalue weighted by Gasteiger charge is -2.53. The maximum absolute atomic E-state index is 12.2. The average Bonchev–Trinajstić information content (AvgIpc) is 2.30. The molecule has 0 bridgehead atoms. The van der Waals surface area contributed by atoms with E-state index in [1.165, 1.54) is 11.8 Å². The van der Waals surface area contributed by atoms with Crippen LogP contribution < -0.4 is 5.73 Å². The molecule has 0 aromatic carbocycles. The van der Waals surface area contributed by atoms with Gasteiger partial charge in [0, 0.05) is 12.6 Å². The molecule has 1 saturated carbocycles. The highest BCUT2D eigenvalue weighted by atomic mass is 16.4. The Morgan fingerprint density at radius 2 is 2.06 bits per heavy atom. The van der Waals surface area contributed by atoms with Crippen molar-refractivity contribution in [3.63, 3.8) is 0 Å². The quantitative estimate of drug-likeness (QED) is 0.593. The van der Waals surface area contributed by atoms with Gasteiger partial charge in [0.15, 0.2) is 6.04 Å². The van der Waals surface area contributed by atoms with Crippen LogP contribution in [0.4, 0.5) is 0 Å². The van der Waals surface area contributed by atoms with Gasteiger partial charge < -0.3 is 20.8 Å². The molecule has 18 heavy (non-hydrogen) atoms. The summed E-state index contributed by atoms with van der Waals surface area (Å²) in [5.74, 6) is -1.29. The van der Waals surface area contributed by atoms with Crippen molar-refractivity contribution < 1.29 is 19.8 Å². The number of rotatable bonds is 3. The van der Waals surface area contributed by atoms with Crippen LogP contribution in [0.1, 0.15) is 32.6 Å². The Bertz CT molecular complexity index is 361. The molecule has 1 aliphatic heterocycles. The third-order valence-corrected chi connectivity index (χ3v) is 4.22. The summed E-state index contributed by atoms with van der Waals surface area (Å²) in [6.07, 6.45) is 2.03. The number of nitrogens with zero attached hydrogens (tertiary/aromatic N) is 1. The topological polar surface area (TPSA) is 104 Å². The molecule has 1 spiro atoms. The Hall–Kier alpha value is -1.14. The molecule has 0 unspecified atom stereocenters. The minimum absolute atomic E-state index is 0.136. The van der Waals surface area contributed by atoms with Crippen molar-refractivity contribution >= 4 is 11.9 Å². The molecule has 1 amide bonds. The number of hydrogen-bond acceptors (Lipinski definition) is 4. The largest absolute Gasteiger partial charge is 0.480 e. The highest BCUT2D eigenvalue weighted by Crippen LogP contribution is 2.45. The van der Waals surface area contributed by atoms with Gasteiger partial charge in [0.05, 0.1) is 11.5 Å². The normalized spacial score (nSPS) is 35.2. The monoisotopic (exact) mass is 256 g/mol. The molecule has 0 aromatic rings. The highest BCUT2D eigenvalue weighted by molar-refractivity contribution is 5.93. The van der Waals surface area contributed by atoms with Gasteiger partial charge in [-0.05, 0) is 32.6 Å². The van der Waals surface area contributed by atoms with Crippen LogP contribution in [-0.4, -0.2) is 51.7 Å². The van der Waals surface area contributed by atoms with Crippen LogP contribution in [0.2, 0.25) is 0 Å². The zero-order chi connectivity index (χ0) is 13.5. The van der Waals surface area contributed by atoms with Crippen LogP contribution in [-0.2, 0) is 9.59 Å². The molecular formula is C12H20N2O4. The van der Waals surface area contributed by atoms with E-state index in [0.717, 1.165) is 25.7 Å². The van der Waals surface area contributed by atoms with Gasteiger partial charge in [-0.2, -0.15) is 0 Å². The Labute approximate surface area is 106 Å². The van der Waals surface area contributed by atoms with Gasteiger partial charge >= 0.3 is 5.97 Å². The molecule has 2 atom stereocenters. The van der Waals surface area contributed by atoms with E-state index in [4.69, 9.17) is 10.8 Å². The lowest BCUT2D eigenvalue weighted by Crippen LogP contribution is -2.69. The molecule has 6 nitrogen and oxygen atoms in total. The molecule has 0 aromatic heterocycles.